The second-order valence-electron chi connectivity index (χ2n) is 7.49. The van der Waals surface area contributed by atoms with E-state index in [4.69, 9.17) is 4.98 Å². The van der Waals surface area contributed by atoms with Crippen LogP contribution in [0.2, 0.25) is 0 Å². The van der Waals surface area contributed by atoms with Crippen LogP contribution in [0.5, 0.6) is 0 Å². The maximum absolute atomic E-state index is 13.0. The predicted molar refractivity (Wildman–Crippen MR) is 120 cm³/mol. The lowest BCUT2D eigenvalue weighted by molar-refractivity contribution is 0.475. The highest BCUT2D eigenvalue weighted by Crippen LogP contribution is 2.27. The number of aryl methyl sites for hydroxylation is 2. The van der Waals surface area contributed by atoms with E-state index in [9.17, 15) is 9.59 Å². The first-order valence-corrected chi connectivity index (χ1v) is 11.3. The maximum atomic E-state index is 13.0. The van der Waals surface area contributed by atoms with Gasteiger partial charge in [0.1, 0.15) is 10.7 Å². The number of para-hydroxylation sites is 1. The molecule has 0 aliphatic carbocycles. The van der Waals surface area contributed by atoms with Crippen molar-refractivity contribution < 1.29 is 0 Å². The van der Waals surface area contributed by atoms with Gasteiger partial charge in [0.05, 0.1) is 22.0 Å². The molecule has 1 aromatic carbocycles. The molecule has 0 aliphatic rings. The molecule has 0 fully saturated rings. The van der Waals surface area contributed by atoms with E-state index in [1.165, 1.54) is 23.1 Å². The van der Waals surface area contributed by atoms with Crippen molar-refractivity contribution >= 4 is 44.2 Å². The highest BCUT2D eigenvalue weighted by atomic mass is 32.2. The second kappa shape index (κ2) is 7.76. The number of hydrogen-bond acceptors (Lipinski definition) is 6. The Morgan fingerprint density at radius 2 is 1.93 bits per heavy atom. The van der Waals surface area contributed by atoms with Gasteiger partial charge in [-0.15, -0.1) is 11.3 Å². The molecule has 4 aromatic rings. The molecule has 0 atom stereocenters. The second-order valence-corrected chi connectivity index (χ2v) is 9.63. The van der Waals surface area contributed by atoms with Crippen molar-refractivity contribution in [2.24, 2.45) is 5.92 Å². The topological polar surface area (TPSA) is 80.6 Å². The summed E-state index contributed by atoms with van der Waals surface area (Å²) >= 11 is 2.96. The maximum Gasteiger partial charge on any atom is 0.262 e. The molecule has 6 nitrogen and oxygen atoms in total. The first kappa shape index (κ1) is 19.8. The minimum absolute atomic E-state index is 0.0341. The third-order valence-corrected chi connectivity index (χ3v) is 6.89. The number of thiophene rings is 1. The Balaban J connectivity index is 1.73. The average molecular weight is 427 g/mol. The van der Waals surface area contributed by atoms with E-state index in [1.54, 1.807) is 4.57 Å². The number of rotatable bonds is 5. The van der Waals surface area contributed by atoms with Crippen LogP contribution in [0, 0.1) is 19.8 Å². The van der Waals surface area contributed by atoms with Crippen molar-refractivity contribution in [1.29, 1.82) is 0 Å². The lowest BCUT2D eigenvalue weighted by Gasteiger charge is -2.14. The third-order valence-electron chi connectivity index (χ3n) is 4.80. The van der Waals surface area contributed by atoms with Crippen LogP contribution in [-0.4, -0.2) is 19.5 Å². The molecule has 0 unspecified atom stereocenters. The van der Waals surface area contributed by atoms with E-state index in [0.717, 1.165) is 15.3 Å². The number of aromatic amines is 1. The fraction of sp³-hybridized carbons (Fsp3) is 0.333. The summed E-state index contributed by atoms with van der Waals surface area (Å²) in [6, 6.07) is 7.39. The zero-order chi connectivity index (χ0) is 20.7. The molecule has 29 heavy (non-hydrogen) atoms. The summed E-state index contributed by atoms with van der Waals surface area (Å²) < 4.78 is 1.73. The van der Waals surface area contributed by atoms with Gasteiger partial charge < -0.3 is 4.98 Å². The Bertz CT molecular complexity index is 1330. The van der Waals surface area contributed by atoms with E-state index in [1.807, 2.05) is 38.1 Å². The van der Waals surface area contributed by atoms with Crippen molar-refractivity contribution in [2.75, 3.05) is 0 Å². The van der Waals surface area contributed by atoms with E-state index in [0.29, 0.717) is 45.5 Å². The first-order chi connectivity index (χ1) is 13.8. The lowest BCUT2D eigenvalue weighted by atomic mass is 10.2. The molecule has 3 heterocycles. The van der Waals surface area contributed by atoms with Crippen molar-refractivity contribution in [1.82, 2.24) is 19.5 Å². The molecule has 0 spiro atoms. The fourth-order valence-electron chi connectivity index (χ4n) is 3.28. The summed E-state index contributed by atoms with van der Waals surface area (Å²) in [6.07, 6.45) is 0. The van der Waals surface area contributed by atoms with E-state index in [-0.39, 0.29) is 11.1 Å². The number of aromatic nitrogens is 4. The largest absolute Gasteiger partial charge is 0.309 e. The summed E-state index contributed by atoms with van der Waals surface area (Å²) in [5.41, 5.74) is 1.52. The smallest absolute Gasteiger partial charge is 0.262 e. The summed E-state index contributed by atoms with van der Waals surface area (Å²) in [7, 11) is 0. The standard InChI is InChI=1S/C21H22N4O2S2/c1-11(2)9-25-20(27)14-7-5-6-8-15(14)22-21(25)28-10-16-23-18(26)17-12(3)13(4)29-19(17)24-16/h5-8,11H,9-10H2,1-4H3,(H,23,24,26). The van der Waals surface area contributed by atoms with Gasteiger partial charge in [-0.05, 0) is 37.5 Å². The molecular weight excluding hydrogens is 404 g/mol. The van der Waals surface area contributed by atoms with Crippen molar-refractivity contribution in [3.63, 3.8) is 0 Å². The average Bonchev–Trinajstić information content (AvgIpc) is 2.96. The Labute approximate surface area is 176 Å². The molecule has 0 amide bonds. The molecule has 0 bridgehead atoms. The SMILES string of the molecule is Cc1sc2nc(CSc3nc4ccccc4c(=O)n3CC(C)C)[nH]c(=O)c2c1C. The molecule has 1 N–H and O–H groups in total. The van der Waals surface area contributed by atoms with E-state index in [2.05, 4.69) is 23.8 Å². The molecule has 3 aromatic heterocycles. The van der Waals surface area contributed by atoms with Gasteiger partial charge in [-0.3, -0.25) is 14.2 Å². The molecule has 150 valence electrons. The van der Waals surface area contributed by atoms with Crippen LogP contribution in [0.25, 0.3) is 21.1 Å². The fourth-order valence-corrected chi connectivity index (χ4v) is 5.21. The molecule has 8 heteroatoms. The summed E-state index contributed by atoms with van der Waals surface area (Å²) in [4.78, 5) is 39.6. The van der Waals surface area contributed by atoms with Crippen molar-refractivity contribution in [3.8, 4) is 0 Å². The van der Waals surface area contributed by atoms with Gasteiger partial charge in [0.2, 0.25) is 0 Å². The third kappa shape index (κ3) is 3.74. The Morgan fingerprint density at radius 3 is 2.69 bits per heavy atom. The van der Waals surface area contributed by atoms with Gasteiger partial charge in [0, 0.05) is 11.4 Å². The van der Waals surface area contributed by atoms with Crippen LogP contribution >= 0.6 is 23.1 Å². The van der Waals surface area contributed by atoms with Gasteiger partial charge in [-0.25, -0.2) is 9.97 Å². The zero-order valence-electron chi connectivity index (χ0n) is 16.8. The number of nitrogens with zero attached hydrogens (tertiary/aromatic N) is 3. The molecule has 0 saturated carbocycles. The Morgan fingerprint density at radius 1 is 1.17 bits per heavy atom. The highest BCUT2D eigenvalue weighted by Gasteiger charge is 2.15. The summed E-state index contributed by atoms with van der Waals surface area (Å²) in [5, 5.41) is 1.93. The summed E-state index contributed by atoms with van der Waals surface area (Å²) in [5.74, 6) is 1.33. The van der Waals surface area contributed by atoms with Crippen LogP contribution in [0.15, 0.2) is 39.0 Å². The van der Waals surface area contributed by atoms with E-state index < -0.39 is 0 Å². The number of benzene rings is 1. The first-order valence-electron chi connectivity index (χ1n) is 9.46. The summed E-state index contributed by atoms with van der Waals surface area (Å²) in [6.45, 7) is 8.68. The van der Waals surface area contributed by atoms with Crippen LogP contribution in [0.1, 0.15) is 30.1 Å². The van der Waals surface area contributed by atoms with Crippen molar-refractivity contribution in [3.05, 3.63) is 61.2 Å². The highest BCUT2D eigenvalue weighted by molar-refractivity contribution is 7.98. The number of thioether (sulfide) groups is 1. The quantitative estimate of drug-likeness (QED) is 0.381. The lowest BCUT2D eigenvalue weighted by Crippen LogP contribution is -2.25. The Hall–Kier alpha value is -2.45. The molecule has 0 aliphatic heterocycles. The number of fused-ring (bicyclic) bond motifs is 2. The normalized spacial score (nSPS) is 11.8. The molecule has 0 saturated heterocycles. The minimum atomic E-state index is -0.113. The molecule has 4 rings (SSSR count). The zero-order valence-corrected chi connectivity index (χ0v) is 18.4. The minimum Gasteiger partial charge on any atom is -0.309 e. The van der Waals surface area contributed by atoms with Gasteiger partial charge in [-0.1, -0.05) is 37.7 Å². The molecular formula is C21H22N4O2S2. The van der Waals surface area contributed by atoms with Gasteiger partial charge in [-0.2, -0.15) is 0 Å². The molecule has 0 radical (unpaired) electrons. The van der Waals surface area contributed by atoms with Crippen LogP contribution in [0.3, 0.4) is 0 Å². The van der Waals surface area contributed by atoms with Crippen LogP contribution in [0.4, 0.5) is 0 Å². The Kier molecular flexibility index (Phi) is 5.31. The number of nitrogens with one attached hydrogen (secondary N) is 1. The number of hydrogen-bond donors (Lipinski definition) is 1. The van der Waals surface area contributed by atoms with Crippen molar-refractivity contribution in [2.45, 2.75) is 45.1 Å². The monoisotopic (exact) mass is 426 g/mol. The van der Waals surface area contributed by atoms with Gasteiger partial charge in [0.25, 0.3) is 11.1 Å². The van der Waals surface area contributed by atoms with Gasteiger partial charge >= 0.3 is 0 Å². The predicted octanol–water partition coefficient (Wildman–Crippen LogP) is 4.26. The van der Waals surface area contributed by atoms with Crippen LogP contribution in [-0.2, 0) is 12.3 Å². The van der Waals surface area contributed by atoms with Crippen LogP contribution < -0.4 is 11.1 Å². The van der Waals surface area contributed by atoms with Gasteiger partial charge in [0.15, 0.2) is 5.16 Å². The van der Waals surface area contributed by atoms with E-state index >= 15 is 0 Å². The number of H-pyrrole nitrogens is 1.